The second kappa shape index (κ2) is 5.09. The van der Waals surface area contributed by atoms with E-state index in [0.717, 1.165) is 12.8 Å². The van der Waals surface area contributed by atoms with Crippen LogP contribution in [0.5, 0.6) is 0 Å². The van der Waals surface area contributed by atoms with Gasteiger partial charge in [0.2, 0.25) is 0 Å². The number of rotatable bonds is 1. The van der Waals surface area contributed by atoms with Crippen molar-refractivity contribution < 1.29 is 0 Å². The van der Waals surface area contributed by atoms with Crippen LogP contribution in [0.1, 0.15) is 40.3 Å². The van der Waals surface area contributed by atoms with Crippen LogP contribution in [0.2, 0.25) is 0 Å². The van der Waals surface area contributed by atoms with Gasteiger partial charge in [-0.15, -0.1) is 0 Å². The van der Waals surface area contributed by atoms with E-state index in [1.165, 1.54) is 55.7 Å². The van der Waals surface area contributed by atoms with Gasteiger partial charge < -0.3 is 0 Å². The molecule has 0 heterocycles. The van der Waals surface area contributed by atoms with Gasteiger partial charge in [-0.1, -0.05) is 60.2 Å². The molecule has 2 aromatic rings. The minimum atomic E-state index is 0.987. The van der Waals surface area contributed by atoms with Crippen LogP contribution in [0.3, 0.4) is 0 Å². The summed E-state index contributed by atoms with van der Waals surface area (Å²) in [4.78, 5) is 0. The highest BCUT2D eigenvalue weighted by atomic mass is 14.3. The number of aryl methyl sites for hydroxylation is 2. The fourth-order valence-corrected chi connectivity index (χ4v) is 3.91. The number of allylic oxidation sites excluding steroid dienone is 5. The summed E-state index contributed by atoms with van der Waals surface area (Å²) in [7, 11) is 0. The molecule has 0 bridgehead atoms. The average molecular weight is 298 g/mol. The predicted octanol–water partition coefficient (Wildman–Crippen LogP) is 5.83. The Morgan fingerprint density at radius 3 is 2.13 bits per heavy atom. The van der Waals surface area contributed by atoms with Gasteiger partial charge in [0.25, 0.3) is 0 Å². The van der Waals surface area contributed by atoms with Gasteiger partial charge in [-0.2, -0.15) is 0 Å². The van der Waals surface area contributed by atoms with Crippen LogP contribution in [-0.2, 0) is 12.8 Å². The Balaban J connectivity index is 1.78. The maximum Gasteiger partial charge on any atom is -0.00166 e. The average Bonchev–Trinajstić information content (AvgIpc) is 2.97. The van der Waals surface area contributed by atoms with Gasteiger partial charge in [-0.3, -0.25) is 0 Å². The van der Waals surface area contributed by atoms with Crippen LogP contribution < -0.4 is 0 Å². The molecule has 4 rings (SSSR count). The Labute approximate surface area is 138 Å². The van der Waals surface area contributed by atoms with Gasteiger partial charge in [0, 0.05) is 0 Å². The Kier molecular flexibility index (Phi) is 3.16. The maximum atomic E-state index is 4.32. The molecule has 0 nitrogen and oxygen atoms in total. The largest absolute Gasteiger partial charge is 0.0949 e. The summed E-state index contributed by atoms with van der Waals surface area (Å²) in [5.41, 5.74) is 13.8. The van der Waals surface area contributed by atoms with Crippen molar-refractivity contribution in [3.05, 3.63) is 93.6 Å². The van der Waals surface area contributed by atoms with E-state index in [1.807, 2.05) is 0 Å². The van der Waals surface area contributed by atoms with E-state index in [1.54, 1.807) is 0 Å². The summed E-state index contributed by atoms with van der Waals surface area (Å²) in [6.45, 7) is 10.9. The predicted molar refractivity (Wildman–Crippen MR) is 99.5 cm³/mol. The Morgan fingerprint density at radius 1 is 0.826 bits per heavy atom. The van der Waals surface area contributed by atoms with Gasteiger partial charge in [0.05, 0.1) is 0 Å². The van der Waals surface area contributed by atoms with Crippen molar-refractivity contribution in [3.63, 3.8) is 0 Å². The highest BCUT2D eigenvalue weighted by molar-refractivity contribution is 5.90. The van der Waals surface area contributed by atoms with Crippen molar-refractivity contribution >= 4 is 11.1 Å². The molecule has 0 spiro atoms. The Morgan fingerprint density at radius 2 is 1.43 bits per heavy atom. The van der Waals surface area contributed by atoms with Crippen molar-refractivity contribution in [1.29, 1.82) is 0 Å². The first-order valence-electron chi connectivity index (χ1n) is 8.32. The highest BCUT2D eigenvalue weighted by Crippen LogP contribution is 2.40. The van der Waals surface area contributed by atoms with Crippen LogP contribution >= 0.6 is 0 Å². The van der Waals surface area contributed by atoms with Crippen molar-refractivity contribution in [2.45, 2.75) is 33.6 Å². The minimum Gasteiger partial charge on any atom is -0.0949 e. The van der Waals surface area contributed by atoms with Gasteiger partial charge in [0.1, 0.15) is 0 Å². The monoisotopic (exact) mass is 298 g/mol. The molecule has 0 N–H and O–H groups in total. The lowest BCUT2D eigenvalue weighted by Gasteiger charge is -2.05. The van der Waals surface area contributed by atoms with Gasteiger partial charge in [-0.05, 0) is 78.2 Å². The lowest BCUT2D eigenvalue weighted by molar-refractivity contribution is 1.23. The second-order valence-electron chi connectivity index (χ2n) is 6.99. The van der Waals surface area contributed by atoms with Crippen LogP contribution in [0.4, 0.5) is 0 Å². The molecule has 2 aliphatic carbocycles. The van der Waals surface area contributed by atoms with Crippen molar-refractivity contribution in [2.75, 3.05) is 0 Å². The molecule has 0 amide bonds. The normalized spacial score (nSPS) is 17.9. The molecule has 114 valence electrons. The lowest BCUT2D eigenvalue weighted by atomic mass is 10.00. The molecule has 0 aromatic heterocycles. The van der Waals surface area contributed by atoms with Crippen molar-refractivity contribution in [1.82, 2.24) is 0 Å². The zero-order valence-corrected chi connectivity index (χ0v) is 14.2. The van der Waals surface area contributed by atoms with Crippen molar-refractivity contribution in [3.8, 4) is 0 Å². The summed E-state index contributed by atoms with van der Waals surface area (Å²) in [5.74, 6) is 0. The van der Waals surface area contributed by atoms with E-state index in [-0.39, 0.29) is 0 Å². The quantitative estimate of drug-likeness (QED) is 0.621. The fraction of sp³-hybridized carbons (Fsp3) is 0.217. The minimum absolute atomic E-state index is 0.987. The molecule has 0 radical (unpaired) electrons. The smallest absolute Gasteiger partial charge is 0.00166 e. The van der Waals surface area contributed by atoms with E-state index in [4.69, 9.17) is 0 Å². The van der Waals surface area contributed by atoms with Crippen molar-refractivity contribution in [2.24, 2.45) is 0 Å². The van der Waals surface area contributed by atoms with Crippen LogP contribution in [0.15, 0.2) is 60.2 Å². The van der Waals surface area contributed by atoms with E-state index >= 15 is 0 Å². The van der Waals surface area contributed by atoms with Gasteiger partial charge >= 0.3 is 0 Å². The third-order valence-electron chi connectivity index (χ3n) is 5.18. The first kappa shape index (κ1) is 14.3. The van der Waals surface area contributed by atoms with Crippen LogP contribution in [0, 0.1) is 13.8 Å². The molecular weight excluding hydrogens is 276 g/mol. The first-order valence-corrected chi connectivity index (χ1v) is 8.32. The first-order chi connectivity index (χ1) is 11.0. The highest BCUT2D eigenvalue weighted by Gasteiger charge is 2.22. The molecule has 0 heteroatoms. The maximum absolute atomic E-state index is 4.32. The lowest BCUT2D eigenvalue weighted by Crippen LogP contribution is -1.86. The molecular formula is C23H22. The van der Waals surface area contributed by atoms with E-state index in [9.17, 15) is 0 Å². The number of hydrogen-bond acceptors (Lipinski definition) is 0. The molecule has 2 aliphatic rings. The molecule has 0 atom stereocenters. The Bertz CT molecular complexity index is 904. The zero-order valence-electron chi connectivity index (χ0n) is 14.2. The third kappa shape index (κ3) is 2.30. The molecule has 0 aliphatic heterocycles. The summed E-state index contributed by atoms with van der Waals surface area (Å²) < 4.78 is 0. The second-order valence-corrected chi connectivity index (χ2v) is 6.99. The summed E-state index contributed by atoms with van der Waals surface area (Å²) in [5, 5.41) is 0. The van der Waals surface area contributed by atoms with E-state index in [2.05, 4.69) is 69.8 Å². The zero-order chi connectivity index (χ0) is 16.1. The third-order valence-corrected chi connectivity index (χ3v) is 5.18. The standard InChI is InChI=1S/C23H22/c1-14-5-7-21-17(4)18(12-20(21)10-14)13-23-16(3)11-19-9-15(2)6-8-22(19)23/h5-10,13H,3,11-12H2,1-2,4H3/b23-13+. The molecule has 23 heavy (non-hydrogen) atoms. The molecule has 0 saturated heterocycles. The molecule has 0 saturated carbocycles. The SMILES string of the molecule is C=C1Cc2cc(C)ccc2/C1=C/C1=C(C)c2ccc(C)cc2C1. The van der Waals surface area contributed by atoms with E-state index < -0.39 is 0 Å². The number of hydrogen-bond donors (Lipinski definition) is 0. The molecule has 2 aromatic carbocycles. The molecule has 0 unspecified atom stereocenters. The van der Waals surface area contributed by atoms with Crippen LogP contribution in [0.25, 0.3) is 11.1 Å². The summed E-state index contributed by atoms with van der Waals surface area (Å²) in [6.07, 6.45) is 4.41. The summed E-state index contributed by atoms with van der Waals surface area (Å²) >= 11 is 0. The fourth-order valence-electron chi connectivity index (χ4n) is 3.91. The van der Waals surface area contributed by atoms with E-state index in [0.29, 0.717) is 0 Å². The number of fused-ring (bicyclic) bond motifs is 2. The summed E-state index contributed by atoms with van der Waals surface area (Å²) in [6, 6.07) is 13.6. The van der Waals surface area contributed by atoms with Gasteiger partial charge in [-0.25, -0.2) is 0 Å². The Hall–Kier alpha value is -2.34. The topological polar surface area (TPSA) is 0 Å². The number of benzene rings is 2. The molecule has 0 fully saturated rings. The van der Waals surface area contributed by atoms with Gasteiger partial charge in [0.15, 0.2) is 0 Å². The van der Waals surface area contributed by atoms with Crippen LogP contribution in [-0.4, -0.2) is 0 Å².